The maximum Gasteiger partial charge on any atom is 0.322 e. The highest BCUT2D eigenvalue weighted by Crippen LogP contribution is 2.33. The molecule has 2 amide bonds. The van der Waals surface area contributed by atoms with Crippen LogP contribution in [0.1, 0.15) is 38.2 Å². The van der Waals surface area contributed by atoms with Crippen LogP contribution in [0.25, 0.3) is 0 Å². The number of aliphatic hydroxyl groups excluding tert-OH is 1. The number of amides is 2. The second-order valence-electron chi connectivity index (χ2n) is 6.91. The van der Waals surface area contributed by atoms with Gasteiger partial charge >= 0.3 is 6.03 Å². The maximum absolute atomic E-state index is 12.7. The Morgan fingerprint density at radius 1 is 1.43 bits per heavy atom. The summed E-state index contributed by atoms with van der Waals surface area (Å²) in [5.74, 6) is 0. The first-order chi connectivity index (χ1) is 10.9. The number of urea groups is 1. The van der Waals surface area contributed by atoms with Crippen LogP contribution in [0.15, 0.2) is 18.2 Å². The SMILES string of the molecule is Cc1cc(NC(=O)N2CCC[C@@]2(C)CCCO)ccc1N(C)C. The van der Waals surface area contributed by atoms with E-state index in [0.29, 0.717) is 0 Å². The van der Waals surface area contributed by atoms with E-state index in [1.165, 1.54) is 0 Å². The van der Waals surface area contributed by atoms with Crippen LogP contribution >= 0.6 is 0 Å². The number of aryl methyl sites for hydroxylation is 1. The number of nitrogens with one attached hydrogen (secondary N) is 1. The number of hydrogen-bond acceptors (Lipinski definition) is 3. The summed E-state index contributed by atoms with van der Waals surface area (Å²) in [6.07, 6.45) is 3.60. The fraction of sp³-hybridized carbons (Fsp3) is 0.611. The molecule has 1 aliphatic heterocycles. The number of likely N-dealkylation sites (tertiary alicyclic amines) is 1. The van der Waals surface area contributed by atoms with Gasteiger partial charge in [0.25, 0.3) is 0 Å². The summed E-state index contributed by atoms with van der Waals surface area (Å²) in [5, 5.41) is 12.1. The molecule has 1 heterocycles. The average molecular weight is 319 g/mol. The molecule has 0 aromatic heterocycles. The second kappa shape index (κ2) is 7.21. The lowest BCUT2D eigenvalue weighted by Gasteiger charge is -2.35. The number of hydrogen-bond donors (Lipinski definition) is 2. The molecule has 0 unspecified atom stereocenters. The third kappa shape index (κ3) is 3.96. The van der Waals surface area contributed by atoms with Gasteiger partial charge in [0.1, 0.15) is 0 Å². The van der Waals surface area contributed by atoms with Crippen LogP contribution in [0.3, 0.4) is 0 Å². The van der Waals surface area contributed by atoms with Gasteiger partial charge in [-0.3, -0.25) is 0 Å². The molecule has 0 radical (unpaired) electrons. The number of anilines is 2. The van der Waals surface area contributed by atoms with Gasteiger partial charge < -0.3 is 20.2 Å². The van der Waals surface area contributed by atoms with E-state index < -0.39 is 0 Å². The minimum absolute atomic E-state index is 0.0417. The lowest BCUT2D eigenvalue weighted by atomic mass is 9.93. The van der Waals surface area contributed by atoms with Gasteiger partial charge in [-0.25, -0.2) is 4.79 Å². The highest BCUT2D eigenvalue weighted by atomic mass is 16.3. The fourth-order valence-electron chi connectivity index (χ4n) is 3.52. The summed E-state index contributed by atoms with van der Waals surface area (Å²) < 4.78 is 0. The molecule has 23 heavy (non-hydrogen) atoms. The molecule has 1 atom stereocenters. The van der Waals surface area contributed by atoms with Crippen molar-refractivity contribution in [1.29, 1.82) is 0 Å². The Labute approximate surface area is 139 Å². The third-order valence-corrected chi connectivity index (χ3v) is 4.80. The number of aliphatic hydroxyl groups is 1. The molecule has 5 nitrogen and oxygen atoms in total. The Morgan fingerprint density at radius 2 is 2.17 bits per heavy atom. The number of nitrogens with zero attached hydrogens (tertiary/aromatic N) is 2. The van der Waals surface area contributed by atoms with Crippen molar-refractivity contribution in [2.24, 2.45) is 0 Å². The molecule has 128 valence electrons. The normalized spacial score (nSPS) is 20.7. The third-order valence-electron chi connectivity index (χ3n) is 4.80. The summed E-state index contributed by atoms with van der Waals surface area (Å²) in [7, 11) is 4.02. The van der Waals surface area contributed by atoms with E-state index in [0.717, 1.165) is 49.2 Å². The Morgan fingerprint density at radius 3 is 2.78 bits per heavy atom. The molecule has 0 spiro atoms. The van der Waals surface area contributed by atoms with E-state index in [4.69, 9.17) is 5.11 Å². The minimum atomic E-state index is -0.147. The van der Waals surface area contributed by atoms with Gasteiger partial charge in [-0.15, -0.1) is 0 Å². The van der Waals surface area contributed by atoms with E-state index >= 15 is 0 Å². The largest absolute Gasteiger partial charge is 0.396 e. The van der Waals surface area contributed by atoms with Crippen LogP contribution in [-0.4, -0.2) is 48.8 Å². The summed E-state index contributed by atoms with van der Waals surface area (Å²) in [5.41, 5.74) is 2.97. The summed E-state index contributed by atoms with van der Waals surface area (Å²) in [6, 6.07) is 5.94. The predicted octanol–water partition coefficient (Wildman–Crippen LogP) is 3.22. The highest BCUT2D eigenvalue weighted by molar-refractivity contribution is 5.90. The lowest BCUT2D eigenvalue weighted by molar-refractivity contribution is 0.151. The molecule has 1 aromatic rings. The predicted molar refractivity (Wildman–Crippen MR) is 95.2 cm³/mol. The first kappa shape index (κ1) is 17.6. The molecular formula is C18H29N3O2. The second-order valence-corrected chi connectivity index (χ2v) is 6.91. The van der Waals surface area contributed by atoms with E-state index in [2.05, 4.69) is 17.1 Å². The lowest BCUT2D eigenvalue weighted by Crippen LogP contribution is -2.47. The zero-order valence-corrected chi connectivity index (χ0v) is 14.7. The van der Waals surface area contributed by atoms with E-state index in [1.807, 2.05) is 44.1 Å². The van der Waals surface area contributed by atoms with Crippen molar-refractivity contribution in [1.82, 2.24) is 4.90 Å². The highest BCUT2D eigenvalue weighted by Gasteiger charge is 2.39. The molecule has 1 saturated heterocycles. The first-order valence-electron chi connectivity index (χ1n) is 8.35. The summed E-state index contributed by atoms with van der Waals surface area (Å²) in [6.45, 7) is 5.13. The molecule has 0 aliphatic carbocycles. The summed E-state index contributed by atoms with van der Waals surface area (Å²) >= 11 is 0. The number of carbonyl (C=O) groups excluding carboxylic acids is 1. The van der Waals surface area contributed by atoms with Crippen LogP contribution in [0.5, 0.6) is 0 Å². The van der Waals surface area contributed by atoms with Crippen LogP contribution in [0, 0.1) is 6.92 Å². The standard InChI is InChI=1S/C18H29N3O2/c1-14-13-15(7-8-16(14)20(3)4)19-17(23)21-11-5-9-18(21,2)10-6-12-22/h7-8,13,22H,5-6,9-12H2,1-4H3,(H,19,23)/t18-/m0/s1. The Bertz CT molecular complexity index is 559. The zero-order chi connectivity index (χ0) is 17.0. The monoisotopic (exact) mass is 319 g/mol. The van der Waals surface area contributed by atoms with Crippen LogP contribution < -0.4 is 10.2 Å². The van der Waals surface area contributed by atoms with Crippen LogP contribution in [-0.2, 0) is 0 Å². The van der Waals surface area contributed by atoms with Crippen molar-refractivity contribution in [3.8, 4) is 0 Å². The summed E-state index contributed by atoms with van der Waals surface area (Å²) in [4.78, 5) is 16.7. The molecule has 5 heteroatoms. The number of rotatable bonds is 5. The van der Waals surface area contributed by atoms with Gasteiger partial charge in [0.2, 0.25) is 0 Å². The molecule has 2 N–H and O–H groups in total. The Hall–Kier alpha value is -1.75. The molecule has 1 fully saturated rings. The van der Waals surface area contributed by atoms with Gasteiger partial charge in [0, 0.05) is 44.2 Å². The van der Waals surface area contributed by atoms with Crippen molar-refractivity contribution in [3.63, 3.8) is 0 Å². The molecule has 2 rings (SSSR count). The van der Waals surface area contributed by atoms with Gasteiger partial charge in [-0.05, 0) is 63.3 Å². The number of carbonyl (C=O) groups is 1. The smallest absolute Gasteiger partial charge is 0.322 e. The molecule has 0 saturated carbocycles. The van der Waals surface area contributed by atoms with Gasteiger partial charge in [0.15, 0.2) is 0 Å². The molecular weight excluding hydrogens is 290 g/mol. The minimum Gasteiger partial charge on any atom is -0.396 e. The van der Waals surface area contributed by atoms with Crippen molar-refractivity contribution in [2.75, 3.05) is 37.5 Å². The van der Waals surface area contributed by atoms with Crippen LogP contribution in [0.2, 0.25) is 0 Å². The number of benzene rings is 1. The quantitative estimate of drug-likeness (QED) is 0.876. The van der Waals surface area contributed by atoms with Gasteiger partial charge in [-0.2, -0.15) is 0 Å². The Kier molecular flexibility index (Phi) is 5.52. The average Bonchev–Trinajstić information content (AvgIpc) is 2.87. The fourth-order valence-corrected chi connectivity index (χ4v) is 3.52. The topological polar surface area (TPSA) is 55.8 Å². The van der Waals surface area contributed by atoms with Crippen LogP contribution in [0.4, 0.5) is 16.2 Å². The van der Waals surface area contributed by atoms with Gasteiger partial charge in [-0.1, -0.05) is 0 Å². The van der Waals surface area contributed by atoms with Crippen molar-refractivity contribution >= 4 is 17.4 Å². The van der Waals surface area contributed by atoms with Crippen molar-refractivity contribution in [2.45, 2.75) is 45.1 Å². The first-order valence-corrected chi connectivity index (χ1v) is 8.35. The molecule has 1 aromatic carbocycles. The Balaban J connectivity index is 2.08. The molecule has 0 bridgehead atoms. The van der Waals surface area contributed by atoms with E-state index in [1.54, 1.807) is 0 Å². The zero-order valence-electron chi connectivity index (χ0n) is 14.7. The van der Waals surface area contributed by atoms with E-state index in [9.17, 15) is 4.79 Å². The van der Waals surface area contributed by atoms with Gasteiger partial charge in [0.05, 0.1) is 0 Å². The van der Waals surface area contributed by atoms with Crippen molar-refractivity contribution in [3.05, 3.63) is 23.8 Å². The van der Waals surface area contributed by atoms with Crippen molar-refractivity contribution < 1.29 is 9.90 Å². The van der Waals surface area contributed by atoms with E-state index in [-0.39, 0.29) is 18.2 Å². The maximum atomic E-state index is 12.7. The molecule has 1 aliphatic rings.